The number of nitrogens with zero attached hydrogens (tertiary/aromatic N) is 3. The van der Waals surface area contributed by atoms with Gasteiger partial charge in [-0.1, -0.05) is 24.3 Å². The Kier molecular flexibility index (Phi) is 6.72. The molecule has 0 aliphatic heterocycles. The number of halogens is 6. The minimum absolute atomic E-state index is 0.0232. The summed E-state index contributed by atoms with van der Waals surface area (Å²) in [4.78, 5) is 0. The molecule has 10 heteroatoms. The molecule has 4 nitrogen and oxygen atoms in total. The summed E-state index contributed by atoms with van der Waals surface area (Å²) in [6, 6.07) is 23.9. The quantitative estimate of drug-likeness (QED) is 0.125. The van der Waals surface area contributed by atoms with Crippen molar-refractivity contribution in [1.82, 2.24) is 4.57 Å². The highest BCUT2D eigenvalue weighted by Crippen LogP contribution is 2.40. The first kappa shape index (κ1) is 27.4. The Labute approximate surface area is 229 Å². The van der Waals surface area contributed by atoms with Gasteiger partial charge in [0.2, 0.25) is 0 Å². The lowest BCUT2D eigenvalue weighted by molar-refractivity contribution is -0.143. The Balaban J connectivity index is 1.76. The summed E-state index contributed by atoms with van der Waals surface area (Å²) in [5.41, 5.74) is -2.26. The van der Waals surface area contributed by atoms with Gasteiger partial charge in [0.25, 0.3) is 0 Å². The van der Waals surface area contributed by atoms with Crippen molar-refractivity contribution in [2.75, 3.05) is 7.11 Å². The maximum atomic E-state index is 13.5. The van der Waals surface area contributed by atoms with Gasteiger partial charge in [0.1, 0.15) is 17.9 Å². The molecule has 4 aromatic carbocycles. The van der Waals surface area contributed by atoms with Gasteiger partial charge in [0.15, 0.2) is 0 Å². The number of para-hydroxylation sites is 1. The zero-order valence-corrected chi connectivity index (χ0v) is 21.1. The molecule has 0 aliphatic rings. The van der Waals surface area contributed by atoms with E-state index in [1.165, 1.54) is 6.07 Å². The van der Waals surface area contributed by atoms with E-state index < -0.39 is 34.6 Å². The number of allylic oxidation sites excluding steroid dienone is 2. The van der Waals surface area contributed by atoms with E-state index in [9.17, 15) is 36.9 Å². The summed E-state index contributed by atoms with van der Waals surface area (Å²) in [5, 5.41) is 21.3. The first-order chi connectivity index (χ1) is 19.5. The number of aromatic nitrogens is 1. The van der Waals surface area contributed by atoms with E-state index in [1.807, 2.05) is 47.0 Å². The number of fused-ring (bicyclic) bond motifs is 3. The van der Waals surface area contributed by atoms with Gasteiger partial charge in [-0.3, -0.25) is 0 Å². The highest BCUT2D eigenvalue weighted by atomic mass is 19.4. The Hall–Kier alpha value is -5.22. The van der Waals surface area contributed by atoms with E-state index in [2.05, 4.69) is 0 Å². The predicted octanol–water partition coefficient (Wildman–Crippen LogP) is 8.79. The Morgan fingerprint density at radius 1 is 0.659 bits per heavy atom. The molecule has 1 aromatic heterocycles. The fourth-order valence-electron chi connectivity index (χ4n) is 4.77. The van der Waals surface area contributed by atoms with Gasteiger partial charge >= 0.3 is 12.4 Å². The largest absolute Gasteiger partial charge is 0.497 e. The zero-order chi connectivity index (χ0) is 29.5. The second kappa shape index (κ2) is 10.1. The molecule has 0 amide bonds. The Bertz CT molecular complexity index is 1890. The molecule has 0 aliphatic carbocycles. The molecule has 1 heterocycles. The monoisotopic (exact) mass is 561 g/mol. The maximum absolute atomic E-state index is 13.5. The molecular formula is C31H17F6N3O. The minimum atomic E-state index is -5.11. The van der Waals surface area contributed by atoms with E-state index >= 15 is 0 Å². The van der Waals surface area contributed by atoms with E-state index in [1.54, 1.807) is 37.4 Å². The van der Waals surface area contributed by atoms with Gasteiger partial charge < -0.3 is 9.30 Å². The second-order valence-corrected chi connectivity index (χ2v) is 9.05. The van der Waals surface area contributed by atoms with Crippen molar-refractivity contribution in [1.29, 1.82) is 10.5 Å². The molecule has 204 valence electrons. The van der Waals surface area contributed by atoms with Crippen molar-refractivity contribution in [3.8, 4) is 23.6 Å². The topological polar surface area (TPSA) is 61.7 Å². The van der Waals surface area contributed by atoms with Crippen LogP contribution in [0, 0.1) is 22.7 Å². The highest BCUT2D eigenvalue weighted by molar-refractivity contribution is 6.12. The lowest BCUT2D eigenvalue weighted by atomic mass is 9.93. The van der Waals surface area contributed by atoms with E-state index in [0.29, 0.717) is 23.3 Å². The first-order valence-electron chi connectivity index (χ1n) is 12.0. The second-order valence-electron chi connectivity index (χ2n) is 9.05. The molecule has 0 N–H and O–H groups in total. The minimum Gasteiger partial charge on any atom is -0.497 e. The number of ether oxygens (including phenoxy) is 1. The standard InChI is InChI=1S/C31H17F6N3O/c1-41-23-9-7-22(8-10-23)40-28-5-3-2-4-24(28)25-14-18(6-11-29(25)40)26(16-38)27(17-39)19-12-20(30(32,33)34)15-21(13-19)31(35,36)37/h2-15H,1H3/b27-26+. The van der Waals surface area contributed by atoms with Crippen LogP contribution in [0.5, 0.6) is 5.75 Å². The molecule has 0 spiro atoms. The molecule has 0 radical (unpaired) electrons. The number of nitriles is 2. The van der Waals surface area contributed by atoms with Crippen LogP contribution in [-0.4, -0.2) is 11.7 Å². The van der Waals surface area contributed by atoms with Gasteiger partial charge in [-0.25, -0.2) is 0 Å². The number of methoxy groups -OCH3 is 1. The fourth-order valence-corrected chi connectivity index (χ4v) is 4.77. The third kappa shape index (κ3) is 4.96. The van der Waals surface area contributed by atoms with Gasteiger partial charge in [0.05, 0.1) is 40.4 Å². The summed E-state index contributed by atoms with van der Waals surface area (Å²) in [5.74, 6) is 0.660. The lowest BCUT2D eigenvalue weighted by Crippen LogP contribution is -2.11. The van der Waals surface area contributed by atoms with Gasteiger partial charge in [0, 0.05) is 16.5 Å². The van der Waals surface area contributed by atoms with Gasteiger partial charge in [-0.15, -0.1) is 0 Å². The van der Waals surface area contributed by atoms with Crippen LogP contribution in [-0.2, 0) is 12.4 Å². The summed E-state index contributed by atoms with van der Waals surface area (Å²) < 4.78 is 88.1. The molecule has 0 saturated heterocycles. The van der Waals surface area contributed by atoms with Gasteiger partial charge in [-0.05, 0) is 71.8 Å². The lowest BCUT2D eigenvalue weighted by Gasteiger charge is -2.14. The molecule has 0 unspecified atom stereocenters. The van der Waals surface area contributed by atoms with Crippen LogP contribution in [0.4, 0.5) is 26.3 Å². The van der Waals surface area contributed by atoms with Crippen LogP contribution < -0.4 is 4.74 Å². The van der Waals surface area contributed by atoms with Crippen LogP contribution in [0.2, 0.25) is 0 Å². The number of rotatable bonds is 4. The third-order valence-electron chi connectivity index (χ3n) is 6.64. The van der Waals surface area contributed by atoms with E-state index in [4.69, 9.17) is 4.74 Å². The Morgan fingerprint density at radius 3 is 1.78 bits per heavy atom. The van der Waals surface area contributed by atoms with Crippen LogP contribution in [0.15, 0.2) is 84.9 Å². The number of hydrogen-bond donors (Lipinski definition) is 0. The van der Waals surface area contributed by atoms with Crippen LogP contribution in [0.3, 0.4) is 0 Å². The number of alkyl halides is 6. The number of benzene rings is 4. The van der Waals surface area contributed by atoms with E-state index in [0.717, 1.165) is 22.1 Å². The summed E-state index contributed by atoms with van der Waals surface area (Å²) in [7, 11) is 1.55. The SMILES string of the molecule is COc1ccc(-n2c3ccccc3c3cc(/C(C#N)=C(\C#N)c4cc(C(F)(F)F)cc(C(F)(F)F)c4)ccc32)cc1. The molecular weight excluding hydrogens is 544 g/mol. The van der Waals surface area contributed by atoms with Crippen molar-refractivity contribution in [2.45, 2.75) is 12.4 Å². The number of hydrogen-bond acceptors (Lipinski definition) is 3. The van der Waals surface area contributed by atoms with E-state index in [-0.39, 0.29) is 17.2 Å². The summed E-state index contributed by atoms with van der Waals surface area (Å²) in [6.07, 6.45) is -10.2. The third-order valence-corrected chi connectivity index (χ3v) is 6.64. The van der Waals surface area contributed by atoms with Gasteiger partial charge in [-0.2, -0.15) is 36.9 Å². The van der Waals surface area contributed by atoms with Crippen molar-refractivity contribution < 1.29 is 31.1 Å². The van der Waals surface area contributed by atoms with Crippen molar-refractivity contribution in [3.05, 3.63) is 107 Å². The molecule has 5 rings (SSSR count). The molecule has 0 saturated carbocycles. The zero-order valence-electron chi connectivity index (χ0n) is 21.1. The molecule has 0 fully saturated rings. The molecule has 0 bridgehead atoms. The summed E-state index contributed by atoms with van der Waals surface area (Å²) >= 11 is 0. The van der Waals surface area contributed by atoms with Crippen LogP contribution in [0.1, 0.15) is 22.3 Å². The average Bonchev–Trinajstić information content (AvgIpc) is 3.28. The molecule has 0 atom stereocenters. The Morgan fingerprint density at radius 2 is 1.22 bits per heavy atom. The molecule has 41 heavy (non-hydrogen) atoms. The first-order valence-corrected chi connectivity index (χ1v) is 12.0. The normalized spacial score (nSPS) is 12.6. The van der Waals surface area contributed by atoms with Crippen LogP contribution >= 0.6 is 0 Å². The fraction of sp³-hybridized carbons (Fsp3) is 0.0968. The summed E-state index contributed by atoms with van der Waals surface area (Å²) in [6.45, 7) is 0. The van der Waals surface area contributed by atoms with Crippen LogP contribution in [0.25, 0.3) is 38.6 Å². The predicted molar refractivity (Wildman–Crippen MR) is 142 cm³/mol. The molecule has 5 aromatic rings. The van der Waals surface area contributed by atoms with Crippen molar-refractivity contribution in [2.24, 2.45) is 0 Å². The van der Waals surface area contributed by atoms with Crippen molar-refractivity contribution >= 4 is 33.0 Å². The maximum Gasteiger partial charge on any atom is 0.416 e. The van der Waals surface area contributed by atoms with Crippen molar-refractivity contribution in [3.63, 3.8) is 0 Å². The average molecular weight is 561 g/mol. The highest BCUT2D eigenvalue weighted by Gasteiger charge is 2.37. The smallest absolute Gasteiger partial charge is 0.416 e.